The second kappa shape index (κ2) is 7.81. The smallest absolute Gasteiger partial charge is 0.220 e. The second-order valence-corrected chi connectivity index (χ2v) is 7.09. The summed E-state index contributed by atoms with van der Waals surface area (Å²) in [5.74, 6) is 0.817. The predicted molar refractivity (Wildman–Crippen MR) is 75.0 cm³/mol. The quantitative estimate of drug-likeness (QED) is 0.566. The van der Waals surface area contributed by atoms with Crippen LogP contribution in [0.25, 0.3) is 0 Å². The van der Waals surface area contributed by atoms with Crippen molar-refractivity contribution in [3.63, 3.8) is 0 Å². The van der Waals surface area contributed by atoms with E-state index < -0.39 is 10.0 Å². The van der Waals surface area contributed by atoms with Crippen LogP contribution in [0.1, 0.15) is 32.6 Å². The number of nitrogens with two attached hydrogens (primary N) is 1. The van der Waals surface area contributed by atoms with Gasteiger partial charge in [0.25, 0.3) is 0 Å². The van der Waals surface area contributed by atoms with E-state index in [2.05, 4.69) is 17.6 Å². The molecule has 2 unspecified atom stereocenters. The Bertz CT molecular complexity index is 378. The highest BCUT2D eigenvalue weighted by Gasteiger charge is 2.21. The maximum absolute atomic E-state index is 11.7. The number of hydrogen-bond donors (Lipinski definition) is 3. The van der Waals surface area contributed by atoms with E-state index in [4.69, 9.17) is 5.14 Å². The third-order valence-electron chi connectivity index (χ3n) is 3.57. The van der Waals surface area contributed by atoms with E-state index in [0.717, 1.165) is 13.1 Å². The molecule has 0 bridgehead atoms. The Morgan fingerprint density at radius 2 is 2.26 bits per heavy atom. The second-order valence-electron chi connectivity index (χ2n) is 5.36. The van der Waals surface area contributed by atoms with Gasteiger partial charge >= 0.3 is 0 Å². The summed E-state index contributed by atoms with van der Waals surface area (Å²) in [6.45, 7) is 4.52. The number of rotatable bonds is 7. The first-order valence-electron chi connectivity index (χ1n) is 6.86. The molecule has 19 heavy (non-hydrogen) atoms. The molecule has 0 saturated carbocycles. The Labute approximate surface area is 115 Å². The van der Waals surface area contributed by atoms with Crippen molar-refractivity contribution in [3.05, 3.63) is 0 Å². The van der Waals surface area contributed by atoms with Crippen LogP contribution in [0.5, 0.6) is 0 Å². The molecule has 0 radical (unpaired) electrons. The van der Waals surface area contributed by atoms with Gasteiger partial charge in [0, 0.05) is 13.0 Å². The normalized spacial score (nSPS) is 21.9. The summed E-state index contributed by atoms with van der Waals surface area (Å²) in [7, 11) is -3.42. The Morgan fingerprint density at radius 1 is 1.53 bits per heavy atom. The van der Waals surface area contributed by atoms with Crippen LogP contribution in [-0.4, -0.2) is 39.7 Å². The molecule has 1 amide bonds. The maximum Gasteiger partial charge on any atom is 0.220 e. The molecule has 1 heterocycles. The molecule has 0 aromatic rings. The molecule has 6 nitrogen and oxygen atoms in total. The van der Waals surface area contributed by atoms with Gasteiger partial charge in [0.15, 0.2) is 0 Å². The molecule has 1 rings (SSSR count). The molecule has 112 valence electrons. The minimum absolute atomic E-state index is 0.00695. The lowest BCUT2D eigenvalue weighted by atomic mass is 9.85. The molecule has 1 aliphatic rings. The first kappa shape index (κ1) is 16.4. The highest BCUT2D eigenvalue weighted by atomic mass is 32.2. The molecule has 0 aliphatic carbocycles. The predicted octanol–water partition coefficient (Wildman–Crippen LogP) is -0.193. The number of hydrogen-bond acceptors (Lipinski definition) is 4. The van der Waals surface area contributed by atoms with Crippen molar-refractivity contribution in [2.75, 3.05) is 25.4 Å². The maximum atomic E-state index is 11.7. The van der Waals surface area contributed by atoms with E-state index in [1.807, 2.05) is 0 Å². The highest BCUT2D eigenvalue weighted by molar-refractivity contribution is 7.89. The van der Waals surface area contributed by atoms with Gasteiger partial charge in [-0.15, -0.1) is 0 Å². The van der Waals surface area contributed by atoms with E-state index in [-0.39, 0.29) is 11.7 Å². The van der Waals surface area contributed by atoms with Crippen LogP contribution >= 0.6 is 0 Å². The zero-order valence-electron chi connectivity index (χ0n) is 11.5. The van der Waals surface area contributed by atoms with Gasteiger partial charge < -0.3 is 10.6 Å². The first-order chi connectivity index (χ1) is 8.88. The summed E-state index contributed by atoms with van der Waals surface area (Å²) >= 11 is 0. The lowest BCUT2D eigenvalue weighted by Gasteiger charge is -2.28. The van der Waals surface area contributed by atoms with Crippen LogP contribution in [0, 0.1) is 11.8 Å². The highest BCUT2D eigenvalue weighted by Crippen LogP contribution is 2.22. The van der Waals surface area contributed by atoms with Gasteiger partial charge in [-0.1, -0.05) is 6.92 Å². The van der Waals surface area contributed by atoms with Crippen molar-refractivity contribution in [1.82, 2.24) is 10.6 Å². The Kier molecular flexibility index (Phi) is 6.74. The summed E-state index contributed by atoms with van der Waals surface area (Å²) in [4.78, 5) is 11.7. The van der Waals surface area contributed by atoms with Crippen LogP contribution in [0.3, 0.4) is 0 Å². The number of nitrogens with one attached hydrogen (secondary N) is 2. The third-order valence-corrected chi connectivity index (χ3v) is 4.43. The number of carbonyl (C=O) groups is 1. The largest absolute Gasteiger partial charge is 0.356 e. The summed E-state index contributed by atoms with van der Waals surface area (Å²) in [6.07, 6.45) is 3.21. The molecule has 1 fully saturated rings. The van der Waals surface area contributed by atoms with Crippen molar-refractivity contribution in [2.24, 2.45) is 17.0 Å². The number of amides is 1. The summed E-state index contributed by atoms with van der Waals surface area (Å²) in [5, 5.41) is 11.0. The molecule has 0 aromatic carbocycles. The minimum Gasteiger partial charge on any atom is -0.356 e. The molecule has 0 spiro atoms. The van der Waals surface area contributed by atoms with Gasteiger partial charge in [0.1, 0.15) is 0 Å². The van der Waals surface area contributed by atoms with Gasteiger partial charge in [-0.05, 0) is 44.2 Å². The first-order valence-corrected chi connectivity index (χ1v) is 8.58. The topological polar surface area (TPSA) is 101 Å². The van der Waals surface area contributed by atoms with Crippen molar-refractivity contribution < 1.29 is 13.2 Å². The van der Waals surface area contributed by atoms with Crippen molar-refractivity contribution in [2.45, 2.75) is 32.6 Å². The average molecular weight is 291 g/mol. The van der Waals surface area contributed by atoms with Crippen molar-refractivity contribution >= 4 is 15.9 Å². The van der Waals surface area contributed by atoms with E-state index >= 15 is 0 Å². The van der Waals surface area contributed by atoms with Gasteiger partial charge in [-0.3, -0.25) is 4.79 Å². The van der Waals surface area contributed by atoms with Gasteiger partial charge in [-0.25, -0.2) is 13.6 Å². The fraction of sp³-hybridized carbons (Fsp3) is 0.917. The number of carbonyl (C=O) groups excluding carboxylic acids is 1. The lowest BCUT2D eigenvalue weighted by molar-refractivity contribution is -0.122. The Balaban J connectivity index is 2.16. The molecule has 4 N–H and O–H groups in total. The van der Waals surface area contributed by atoms with Crippen LogP contribution in [0.4, 0.5) is 0 Å². The minimum atomic E-state index is -3.42. The average Bonchev–Trinajstić information content (AvgIpc) is 2.34. The lowest BCUT2D eigenvalue weighted by Crippen LogP contribution is -2.36. The number of primary sulfonamides is 1. The number of sulfonamides is 1. The summed E-state index contributed by atoms with van der Waals surface area (Å²) in [5.41, 5.74) is 0. The molecule has 7 heteroatoms. The number of piperidine rings is 1. The van der Waals surface area contributed by atoms with Crippen molar-refractivity contribution in [3.8, 4) is 0 Å². The van der Waals surface area contributed by atoms with E-state index in [1.54, 1.807) is 0 Å². The molecule has 1 saturated heterocycles. The Hall–Kier alpha value is -0.660. The zero-order chi connectivity index (χ0) is 14.3. The third kappa shape index (κ3) is 7.49. The standard InChI is InChI=1S/C12H25N3O3S/c1-10(11-4-2-5-14-9-11)8-12(16)15-6-3-7-19(13,17)18/h10-11,14H,2-9H2,1H3,(H,15,16)(H2,13,17,18). The molecule has 0 aromatic heterocycles. The van der Waals surface area contributed by atoms with Crippen molar-refractivity contribution in [1.29, 1.82) is 0 Å². The fourth-order valence-electron chi connectivity index (χ4n) is 2.40. The SMILES string of the molecule is CC(CC(=O)NCCCS(N)(=O)=O)C1CCCNC1. The fourth-order valence-corrected chi connectivity index (χ4v) is 2.94. The van der Waals surface area contributed by atoms with Crippen LogP contribution in [-0.2, 0) is 14.8 Å². The van der Waals surface area contributed by atoms with Gasteiger partial charge in [-0.2, -0.15) is 0 Å². The monoisotopic (exact) mass is 291 g/mol. The summed E-state index contributed by atoms with van der Waals surface area (Å²) < 4.78 is 21.4. The zero-order valence-corrected chi connectivity index (χ0v) is 12.3. The summed E-state index contributed by atoms with van der Waals surface area (Å²) in [6, 6.07) is 0. The van der Waals surface area contributed by atoms with Crippen LogP contribution in [0.2, 0.25) is 0 Å². The molecule has 2 atom stereocenters. The molecular formula is C12H25N3O3S. The van der Waals surface area contributed by atoms with E-state index in [9.17, 15) is 13.2 Å². The van der Waals surface area contributed by atoms with E-state index in [0.29, 0.717) is 31.2 Å². The Morgan fingerprint density at radius 3 is 2.84 bits per heavy atom. The van der Waals surface area contributed by atoms with Gasteiger partial charge in [0.2, 0.25) is 15.9 Å². The molecular weight excluding hydrogens is 266 g/mol. The van der Waals surface area contributed by atoms with E-state index in [1.165, 1.54) is 12.8 Å². The van der Waals surface area contributed by atoms with Crippen LogP contribution < -0.4 is 15.8 Å². The van der Waals surface area contributed by atoms with Crippen LogP contribution in [0.15, 0.2) is 0 Å². The molecule has 1 aliphatic heterocycles. The van der Waals surface area contributed by atoms with Gasteiger partial charge in [0.05, 0.1) is 5.75 Å².